The van der Waals surface area contributed by atoms with E-state index >= 15 is 0 Å². The Morgan fingerprint density at radius 3 is 2.76 bits per heavy atom. The second-order valence-electron chi connectivity index (χ2n) is 7.59. The molecule has 0 spiro atoms. The number of aromatic nitrogens is 1. The van der Waals surface area contributed by atoms with Gasteiger partial charge in [0.05, 0.1) is 7.11 Å². The van der Waals surface area contributed by atoms with Gasteiger partial charge in [0.15, 0.2) is 23.1 Å². The lowest BCUT2D eigenvalue weighted by Gasteiger charge is -2.23. The average Bonchev–Trinajstić information content (AvgIpc) is 3.38. The number of amides is 1. The van der Waals surface area contributed by atoms with Crippen molar-refractivity contribution in [2.75, 3.05) is 45.7 Å². The molecule has 158 valence electrons. The number of carbonyl (C=O) groups excluding carboxylic acids is 1. The van der Waals surface area contributed by atoms with Gasteiger partial charge in [0, 0.05) is 32.2 Å². The molecule has 0 aliphatic carbocycles. The Kier molecular flexibility index (Phi) is 6.74. The molecule has 0 saturated carbocycles. The zero-order valence-corrected chi connectivity index (χ0v) is 17.5. The van der Waals surface area contributed by atoms with Crippen LogP contribution >= 0.6 is 0 Å². The van der Waals surface area contributed by atoms with Crippen molar-refractivity contribution in [3.63, 3.8) is 0 Å². The number of hydrogen-bond acceptors (Lipinski definition) is 6. The van der Waals surface area contributed by atoms with Gasteiger partial charge in [0.1, 0.15) is 5.56 Å². The molecule has 1 aromatic heterocycles. The quantitative estimate of drug-likeness (QED) is 0.729. The summed E-state index contributed by atoms with van der Waals surface area (Å²) in [5, 5.41) is 7.03. The number of ether oxygens (including phenoxy) is 1. The van der Waals surface area contributed by atoms with Gasteiger partial charge in [-0.05, 0) is 57.5 Å². The topological polar surface area (TPSA) is 70.8 Å². The van der Waals surface area contributed by atoms with Crippen molar-refractivity contribution in [3.05, 3.63) is 29.6 Å². The normalized spacial score (nSPS) is 15.3. The highest BCUT2D eigenvalue weighted by atomic mass is 19.1. The number of likely N-dealkylation sites (tertiary alicyclic amines) is 1. The number of carbonyl (C=O) groups is 1. The van der Waals surface area contributed by atoms with Crippen LogP contribution in [-0.4, -0.2) is 62.8 Å². The number of hydrogen-bond donors (Lipinski definition) is 1. The molecule has 0 bridgehead atoms. The summed E-state index contributed by atoms with van der Waals surface area (Å²) in [6.45, 7) is 5.00. The van der Waals surface area contributed by atoms with Gasteiger partial charge in [0.2, 0.25) is 0 Å². The molecule has 2 aromatic rings. The second kappa shape index (κ2) is 9.26. The highest BCUT2D eigenvalue weighted by molar-refractivity contribution is 6.04. The highest BCUT2D eigenvalue weighted by Gasteiger charge is 2.26. The number of halogens is 1. The van der Waals surface area contributed by atoms with Crippen molar-refractivity contribution in [2.45, 2.75) is 32.2 Å². The van der Waals surface area contributed by atoms with Crippen molar-refractivity contribution in [1.82, 2.24) is 15.4 Å². The van der Waals surface area contributed by atoms with Gasteiger partial charge >= 0.3 is 0 Å². The Bertz CT molecular complexity index is 846. The lowest BCUT2D eigenvalue weighted by molar-refractivity contribution is 0.0950. The van der Waals surface area contributed by atoms with Gasteiger partial charge in [-0.1, -0.05) is 5.16 Å². The van der Waals surface area contributed by atoms with E-state index in [0.717, 1.165) is 19.5 Å². The van der Waals surface area contributed by atoms with E-state index in [9.17, 15) is 9.18 Å². The number of nitrogens with zero attached hydrogens (tertiary/aromatic N) is 3. The maximum absolute atomic E-state index is 13.8. The van der Waals surface area contributed by atoms with Gasteiger partial charge in [-0.25, -0.2) is 4.39 Å². The molecule has 1 fully saturated rings. The molecule has 1 saturated heterocycles. The predicted molar refractivity (Wildman–Crippen MR) is 110 cm³/mol. The zero-order valence-electron chi connectivity index (χ0n) is 17.5. The summed E-state index contributed by atoms with van der Waals surface area (Å²) < 4.78 is 24.3. The van der Waals surface area contributed by atoms with Crippen LogP contribution in [0.5, 0.6) is 5.75 Å². The number of methoxy groups -OCH3 is 1. The molecule has 2 heterocycles. The zero-order chi connectivity index (χ0) is 21.0. The third-order valence-corrected chi connectivity index (χ3v) is 5.35. The van der Waals surface area contributed by atoms with E-state index in [1.54, 1.807) is 25.1 Å². The van der Waals surface area contributed by atoms with Crippen LogP contribution in [0.25, 0.3) is 11.3 Å². The summed E-state index contributed by atoms with van der Waals surface area (Å²) in [5.41, 5.74) is 0.858. The van der Waals surface area contributed by atoms with Crippen molar-refractivity contribution < 1.29 is 18.4 Å². The maximum atomic E-state index is 13.8. The van der Waals surface area contributed by atoms with Crippen molar-refractivity contribution in [3.8, 4) is 17.1 Å². The van der Waals surface area contributed by atoms with Gasteiger partial charge in [-0.15, -0.1) is 0 Å². The molecular weight excluding hydrogens is 375 g/mol. The monoisotopic (exact) mass is 404 g/mol. The Labute approximate surface area is 170 Å². The van der Waals surface area contributed by atoms with Crippen molar-refractivity contribution in [1.29, 1.82) is 0 Å². The largest absolute Gasteiger partial charge is 0.494 e. The van der Waals surface area contributed by atoms with E-state index in [4.69, 9.17) is 9.26 Å². The number of benzene rings is 1. The molecular formula is C21H29FN4O3. The van der Waals surface area contributed by atoms with Crippen LogP contribution in [0.15, 0.2) is 22.7 Å². The van der Waals surface area contributed by atoms with Gasteiger partial charge in [-0.2, -0.15) is 0 Å². The first-order valence-electron chi connectivity index (χ1n) is 9.95. The average molecular weight is 404 g/mol. The lowest BCUT2D eigenvalue weighted by Crippen LogP contribution is -2.34. The van der Waals surface area contributed by atoms with Crippen LogP contribution in [0.3, 0.4) is 0 Å². The fourth-order valence-corrected chi connectivity index (χ4v) is 3.64. The smallest absolute Gasteiger partial charge is 0.259 e. The van der Waals surface area contributed by atoms with Crippen LogP contribution < -0.4 is 15.0 Å². The lowest BCUT2D eigenvalue weighted by atomic mass is 10.1. The molecule has 7 nitrogen and oxygen atoms in total. The molecule has 1 atom stereocenters. The minimum absolute atomic E-state index is 0.0797. The van der Waals surface area contributed by atoms with Gasteiger partial charge < -0.3 is 24.4 Å². The summed E-state index contributed by atoms with van der Waals surface area (Å²) in [7, 11) is 4.97. The van der Waals surface area contributed by atoms with Crippen molar-refractivity contribution >= 4 is 11.7 Å². The van der Waals surface area contributed by atoms with E-state index in [2.05, 4.69) is 22.3 Å². The SMILES string of the molecule is COc1cc(-c2onc(N(C)C)c2C(=O)NCCC(C)N2CCCC2)ccc1F. The Hall–Kier alpha value is -2.61. The van der Waals surface area contributed by atoms with E-state index in [0.29, 0.717) is 29.5 Å². The first-order chi connectivity index (χ1) is 13.9. The minimum Gasteiger partial charge on any atom is -0.494 e. The maximum Gasteiger partial charge on any atom is 0.259 e. The first-order valence-corrected chi connectivity index (χ1v) is 9.95. The third-order valence-electron chi connectivity index (χ3n) is 5.35. The van der Waals surface area contributed by atoms with Gasteiger partial charge in [0.25, 0.3) is 5.91 Å². The predicted octanol–water partition coefficient (Wildman–Crippen LogP) is 3.16. The summed E-state index contributed by atoms with van der Waals surface area (Å²) in [5.74, 6) is 0.0499. The second-order valence-corrected chi connectivity index (χ2v) is 7.59. The molecule has 1 amide bonds. The fourth-order valence-electron chi connectivity index (χ4n) is 3.64. The van der Waals surface area contributed by atoms with Crippen LogP contribution in [-0.2, 0) is 0 Å². The Balaban J connectivity index is 1.78. The number of anilines is 1. The molecule has 1 unspecified atom stereocenters. The molecule has 1 aliphatic heterocycles. The standard InChI is InChI=1S/C21H29FN4O3/c1-14(26-11-5-6-12-26)9-10-23-21(27)18-19(29-24-20(18)25(2)3)15-7-8-16(22)17(13-15)28-4/h7-8,13-14H,5-6,9-12H2,1-4H3,(H,23,27). The molecule has 0 radical (unpaired) electrons. The third kappa shape index (κ3) is 4.70. The Morgan fingerprint density at radius 2 is 2.10 bits per heavy atom. The van der Waals surface area contributed by atoms with Crippen LogP contribution in [0, 0.1) is 5.82 Å². The van der Waals surface area contributed by atoms with E-state index < -0.39 is 5.82 Å². The molecule has 1 aliphatic rings. The summed E-state index contributed by atoms with van der Waals surface area (Å²) >= 11 is 0. The summed E-state index contributed by atoms with van der Waals surface area (Å²) in [6, 6.07) is 4.76. The number of rotatable bonds is 8. The van der Waals surface area contributed by atoms with Crippen LogP contribution in [0.1, 0.15) is 36.5 Å². The summed E-state index contributed by atoms with van der Waals surface area (Å²) in [6.07, 6.45) is 3.36. The Morgan fingerprint density at radius 1 is 1.38 bits per heavy atom. The van der Waals surface area contributed by atoms with Crippen LogP contribution in [0.4, 0.5) is 10.2 Å². The van der Waals surface area contributed by atoms with Crippen molar-refractivity contribution in [2.24, 2.45) is 0 Å². The summed E-state index contributed by atoms with van der Waals surface area (Å²) in [4.78, 5) is 17.2. The van der Waals surface area contributed by atoms with E-state index in [1.807, 2.05) is 0 Å². The number of nitrogens with one attached hydrogen (secondary N) is 1. The molecule has 1 aromatic carbocycles. The first kappa shape index (κ1) is 21.1. The minimum atomic E-state index is -0.481. The molecule has 8 heteroatoms. The molecule has 1 N–H and O–H groups in total. The highest BCUT2D eigenvalue weighted by Crippen LogP contribution is 2.33. The molecule has 3 rings (SSSR count). The van der Waals surface area contributed by atoms with E-state index in [-0.39, 0.29) is 17.4 Å². The van der Waals surface area contributed by atoms with E-state index in [1.165, 1.54) is 32.1 Å². The molecule has 29 heavy (non-hydrogen) atoms. The van der Waals surface area contributed by atoms with Gasteiger partial charge in [-0.3, -0.25) is 4.79 Å². The van der Waals surface area contributed by atoms with Crippen LogP contribution in [0.2, 0.25) is 0 Å². The fraction of sp³-hybridized carbons (Fsp3) is 0.524.